The molecule has 3 N–H and O–H groups in total. The average molecular weight is 223 g/mol. The number of hydrogen-bond donors (Lipinski definition) is 2. The van der Waals surface area contributed by atoms with E-state index in [2.05, 4.69) is 22.3 Å². The van der Waals surface area contributed by atoms with Crippen LogP contribution in [0.15, 0.2) is 6.33 Å². The molecule has 16 heavy (non-hydrogen) atoms. The van der Waals surface area contributed by atoms with Crippen LogP contribution in [0, 0.1) is 0 Å². The SMILES string of the molecule is CC1(NC(=O)Cn2cnc(N)n2)CCCC1. The lowest BCUT2D eigenvalue weighted by atomic mass is 10.0. The van der Waals surface area contributed by atoms with Crippen molar-refractivity contribution in [3.8, 4) is 0 Å². The number of rotatable bonds is 3. The number of nitrogens with zero attached hydrogens (tertiary/aromatic N) is 3. The third-order valence-electron chi connectivity index (χ3n) is 3.01. The van der Waals surface area contributed by atoms with Gasteiger partial charge in [0.2, 0.25) is 11.9 Å². The number of carbonyl (C=O) groups excluding carboxylic acids is 1. The van der Waals surface area contributed by atoms with E-state index in [-0.39, 0.29) is 23.9 Å². The molecule has 0 atom stereocenters. The van der Waals surface area contributed by atoms with Gasteiger partial charge in [-0.05, 0) is 19.8 Å². The van der Waals surface area contributed by atoms with Crippen molar-refractivity contribution in [3.05, 3.63) is 6.33 Å². The standard InChI is InChI=1S/C10H17N5O/c1-10(4-2-3-5-10)13-8(16)6-15-7-12-9(11)14-15/h7H,2-6H2,1H3,(H2,11,14)(H,13,16). The van der Waals surface area contributed by atoms with Crippen molar-refractivity contribution >= 4 is 11.9 Å². The minimum Gasteiger partial charge on any atom is -0.367 e. The molecule has 1 aliphatic rings. The van der Waals surface area contributed by atoms with Gasteiger partial charge >= 0.3 is 0 Å². The molecule has 1 amide bonds. The molecule has 1 fully saturated rings. The van der Waals surface area contributed by atoms with Gasteiger partial charge in [-0.1, -0.05) is 12.8 Å². The second kappa shape index (κ2) is 4.11. The Hall–Kier alpha value is -1.59. The van der Waals surface area contributed by atoms with E-state index in [0.717, 1.165) is 12.8 Å². The maximum atomic E-state index is 11.7. The van der Waals surface area contributed by atoms with Crippen molar-refractivity contribution in [2.24, 2.45) is 0 Å². The number of hydrogen-bond acceptors (Lipinski definition) is 4. The highest BCUT2D eigenvalue weighted by Gasteiger charge is 2.29. The molecule has 0 unspecified atom stereocenters. The summed E-state index contributed by atoms with van der Waals surface area (Å²) in [5.41, 5.74) is 5.33. The number of nitrogen functional groups attached to an aromatic ring is 1. The fourth-order valence-corrected chi connectivity index (χ4v) is 2.19. The van der Waals surface area contributed by atoms with E-state index >= 15 is 0 Å². The number of aromatic nitrogens is 3. The zero-order valence-electron chi connectivity index (χ0n) is 9.44. The van der Waals surface area contributed by atoms with Gasteiger partial charge in [0.05, 0.1) is 0 Å². The molecule has 1 saturated carbocycles. The number of carbonyl (C=O) groups is 1. The molecule has 88 valence electrons. The van der Waals surface area contributed by atoms with Crippen LogP contribution in [0.5, 0.6) is 0 Å². The number of nitrogens with one attached hydrogen (secondary N) is 1. The van der Waals surface area contributed by atoms with Gasteiger partial charge in [0.15, 0.2) is 0 Å². The van der Waals surface area contributed by atoms with Crippen LogP contribution in [0.2, 0.25) is 0 Å². The van der Waals surface area contributed by atoms with Crippen LogP contribution in [-0.2, 0) is 11.3 Å². The van der Waals surface area contributed by atoms with E-state index in [9.17, 15) is 4.79 Å². The maximum Gasteiger partial charge on any atom is 0.242 e. The van der Waals surface area contributed by atoms with E-state index in [0.29, 0.717) is 0 Å². The van der Waals surface area contributed by atoms with Crippen molar-refractivity contribution in [1.82, 2.24) is 20.1 Å². The lowest BCUT2D eigenvalue weighted by Crippen LogP contribution is -2.45. The molecule has 0 aliphatic heterocycles. The van der Waals surface area contributed by atoms with Gasteiger partial charge in [-0.2, -0.15) is 0 Å². The normalized spacial score (nSPS) is 18.6. The number of nitrogens with two attached hydrogens (primary N) is 1. The average Bonchev–Trinajstić information content (AvgIpc) is 2.75. The van der Waals surface area contributed by atoms with Crippen LogP contribution in [0.4, 0.5) is 5.95 Å². The first-order valence-corrected chi connectivity index (χ1v) is 5.53. The van der Waals surface area contributed by atoms with Gasteiger partial charge in [0, 0.05) is 5.54 Å². The summed E-state index contributed by atoms with van der Waals surface area (Å²) < 4.78 is 1.45. The third-order valence-corrected chi connectivity index (χ3v) is 3.01. The minimum absolute atomic E-state index is 0.0331. The Kier molecular flexibility index (Phi) is 2.80. The maximum absolute atomic E-state index is 11.7. The molecule has 0 bridgehead atoms. The Morgan fingerprint density at radius 2 is 2.31 bits per heavy atom. The lowest BCUT2D eigenvalue weighted by Gasteiger charge is -2.25. The summed E-state index contributed by atoms with van der Waals surface area (Å²) in [6.45, 7) is 2.27. The fourth-order valence-electron chi connectivity index (χ4n) is 2.19. The second-order valence-electron chi connectivity index (χ2n) is 4.62. The molecule has 0 saturated heterocycles. The van der Waals surface area contributed by atoms with E-state index in [1.807, 2.05) is 0 Å². The van der Waals surface area contributed by atoms with Crippen molar-refractivity contribution in [3.63, 3.8) is 0 Å². The molecule has 1 aromatic rings. The predicted octanol–water partition coefficient (Wildman–Crippen LogP) is 0.309. The van der Waals surface area contributed by atoms with Crippen molar-refractivity contribution in [1.29, 1.82) is 0 Å². The topological polar surface area (TPSA) is 85.8 Å². The zero-order chi connectivity index (χ0) is 11.6. The van der Waals surface area contributed by atoms with E-state index in [1.54, 1.807) is 0 Å². The summed E-state index contributed by atoms with van der Waals surface area (Å²) in [6.07, 6.45) is 5.95. The summed E-state index contributed by atoms with van der Waals surface area (Å²) in [7, 11) is 0. The van der Waals surface area contributed by atoms with Gasteiger partial charge in [0.1, 0.15) is 12.9 Å². The molecule has 0 radical (unpaired) electrons. The molecule has 1 aromatic heterocycles. The fraction of sp³-hybridized carbons (Fsp3) is 0.700. The van der Waals surface area contributed by atoms with E-state index < -0.39 is 0 Å². The minimum atomic E-state index is -0.0385. The first-order chi connectivity index (χ1) is 7.57. The van der Waals surface area contributed by atoms with Crippen LogP contribution in [0.3, 0.4) is 0 Å². The van der Waals surface area contributed by atoms with Gasteiger partial charge < -0.3 is 11.1 Å². The van der Waals surface area contributed by atoms with Gasteiger partial charge in [-0.3, -0.25) is 4.79 Å². The molecule has 1 heterocycles. The highest BCUT2D eigenvalue weighted by atomic mass is 16.2. The molecule has 0 aromatic carbocycles. The van der Waals surface area contributed by atoms with Crippen LogP contribution < -0.4 is 11.1 Å². The van der Waals surface area contributed by atoms with Crippen molar-refractivity contribution < 1.29 is 4.79 Å². The van der Waals surface area contributed by atoms with Gasteiger partial charge in [-0.15, -0.1) is 5.10 Å². The first-order valence-electron chi connectivity index (χ1n) is 5.53. The summed E-state index contributed by atoms with van der Waals surface area (Å²) in [5, 5.41) is 6.92. The Morgan fingerprint density at radius 1 is 1.62 bits per heavy atom. The van der Waals surface area contributed by atoms with Crippen LogP contribution in [0.1, 0.15) is 32.6 Å². The quantitative estimate of drug-likeness (QED) is 0.772. The van der Waals surface area contributed by atoms with Crippen LogP contribution in [0.25, 0.3) is 0 Å². The molecule has 0 spiro atoms. The summed E-state index contributed by atoms with van der Waals surface area (Å²) in [6, 6.07) is 0. The predicted molar refractivity (Wildman–Crippen MR) is 59.5 cm³/mol. The van der Waals surface area contributed by atoms with Gasteiger partial charge in [-0.25, -0.2) is 9.67 Å². The zero-order valence-corrected chi connectivity index (χ0v) is 9.44. The lowest BCUT2D eigenvalue weighted by molar-refractivity contribution is -0.123. The molecular weight excluding hydrogens is 206 g/mol. The largest absolute Gasteiger partial charge is 0.367 e. The smallest absolute Gasteiger partial charge is 0.242 e. The number of anilines is 1. The Balaban J connectivity index is 1.89. The van der Waals surface area contributed by atoms with Crippen molar-refractivity contribution in [2.45, 2.75) is 44.7 Å². The monoisotopic (exact) mass is 223 g/mol. The van der Waals surface area contributed by atoms with E-state index in [1.165, 1.54) is 23.9 Å². The van der Waals surface area contributed by atoms with Crippen LogP contribution in [-0.4, -0.2) is 26.2 Å². The summed E-state index contributed by atoms with van der Waals surface area (Å²) in [5.74, 6) is 0.161. The molecule has 6 nitrogen and oxygen atoms in total. The highest BCUT2D eigenvalue weighted by Crippen LogP contribution is 2.28. The molecule has 2 rings (SSSR count). The Morgan fingerprint density at radius 3 is 2.88 bits per heavy atom. The first kappa shape index (κ1) is 10.9. The molecular formula is C10H17N5O. The van der Waals surface area contributed by atoms with Crippen molar-refractivity contribution in [2.75, 3.05) is 5.73 Å². The third kappa shape index (κ3) is 2.50. The van der Waals surface area contributed by atoms with E-state index in [4.69, 9.17) is 5.73 Å². The number of amides is 1. The molecule has 1 aliphatic carbocycles. The van der Waals surface area contributed by atoms with Crippen LogP contribution >= 0.6 is 0 Å². The second-order valence-corrected chi connectivity index (χ2v) is 4.62. The Bertz CT molecular complexity index is 380. The molecule has 6 heteroatoms. The highest BCUT2D eigenvalue weighted by molar-refractivity contribution is 5.76. The Labute approximate surface area is 94.2 Å². The van der Waals surface area contributed by atoms with Gasteiger partial charge in [0.25, 0.3) is 0 Å². The summed E-state index contributed by atoms with van der Waals surface area (Å²) >= 11 is 0. The summed E-state index contributed by atoms with van der Waals surface area (Å²) in [4.78, 5) is 15.5.